The van der Waals surface area contributed by atoms with Gasteiger partial charge in [0, 0.05) is 16.6 Å². The molecule has 0 spiro atoms. The van der Waals surface area contributed by atoms with Crippen molar-refractivity contribution in [1.82, 2.24) is 4.90 Å². The molecule has 3 rings (SSSR count). The van der Waals surface area contributed by atoms with Gasteiger partial charge in [0.1, 0.15) is 0 Å². The molecule has 1 unspecified atom stereocenters. The van der Waals surface area contributed by atoms with E-state index in [0.29, 0.717) is 12.5 Å². The van der Waals surface area contributed by atoms with Crippen molar-refractivity contribution < 1.29 is 4.79 Å². The second-order valence-corrected chi connectivity index (χ2v) is 8.00. The fourth-order valence-electron chi connectivity index (χ4n) is 3.34. The highest BCUT2D eigenvalue weighted by atomic mass is 79.9. The predicted octanol–water partition coefficient (Wildman–Crippen LogP) is 5.36. The van der Waals surface area contributed by atoms with Crippen LogP contribution < -0.4 is 0 Å². The van der Waals surface area contributed by atoms with Gasteiger partial charge in [0.25, 0.3) is 0 Å². The lowest BCUT2D eigenvalue weighted by Gasteiger charge is -2.17. The summed E-state index contributed by atoms with van der Waals surface area (Å²) in [5.41, 5.74) is 4.57. The summed E-state index contributed by atoms with van der Waals surface area (Å²) in [6, 6.07) is 14.4. The Hall–Kier alpha value is -1.71. The fraction of sp³-hybridized carbons (Fsp3) is 0.318. The number of nitrogens with zero attached hydrogens (tertiary/aromatic N) is 1. The first-order chi connectivity index (χ1) is 12.0. The second kappa shape index (κ2) is 8.11. The largest absolute Gasteiger partial charge is 0.295 e. The Bertz CT molecular complexity index is 796. The molecule has 25 heavy (non-hydrogen) atoms. The van der Waals surface area contributed by atoms with Gasteiger partial charge in [-0.15, -0.1) is 0 Å². The van der Waals surface area contributed by atoms with E-state index < -0.39 is 0 Å². The molecular weight excluding hydrogens is 374 g/mol. The van der Waals surface area contributed by atoms with Crippen LogP contribution in [0.3, 0.4) is 0 Å². The van der Waals surface area contributed by atoms with Gasteiger partial charge in [0.05, 0.1) is 6.54 Å². The molecule has 0 saturated carbocycles. The van der Waals surface area contributed by atoms with Crippen molar-refractivity contribution in [2.75, 3.05) is 13.6 Å². The first-order valence-corrected chi connectivity index (χ1v) is 9.56. The molecule has 2 aromatic rings. The van der Waals surface area contributed by atoms with E-state index in [1.807, 2.05) is 25.2 Å². The van der Waals surface area contributed by atoms with Crippen LogP contribution in [-0.2, 0) is 13.0 Å². The van der Waals surface area contributed by atoms with Gasteiger partial charge in [-0.2, -0.15) is 0 Å². The minimum absolute atomic E-state index is 0.182. The van der Waals surface area contributed by atoms with Gasteiger partial charge in [0.2, 0.25) is 0 Å². The maximum Gasteiger partial charge on any atom is 0.176 e. The van der Waals surface area contributed by atoms with Crippen molar-refractivity contribution in [2.45, 2.75) is 26.3 Å². The minimum Gasteiger partial charge on any atom is -0.295 e. The summed E-state index contributed by atoms with van der Waals surface area (Å²) in [7, 11) is 1.99. The molecule has 0 N–H and O–H groups in total. The van der Waals surface area contributed by atoms with E-state index in [4.69, 9.17) is 0 Å². The van der Waals surface area contributed by atoms with Gasteiger partial charge in [-0.3, -0.25) is 9.69 Å². The lowest BCUT2D eigenvalue weighted by atomic mass is 9.95. The number of hydrogen-bond acceptors (Lipinski definition) is 2. The molecule has 0 aliphatic heterocycles. The molecule has 0 fully saturated rings. The summed E-state index contributed by atoms with van der Waals surface area (Å²) in [5.74, 6) is 0.809. The number of carbonyl (C=O) groups excluding carboxylic acids is 1. The van der Waals surface area contributed by atoms with Gasteiger partial charge in [-0.25, -0.2) is 0 Å². The highest BCUT2D eigenvalue weighted by Crippen LogP contribution is 2.24. The van der Waals surface area contributed by atoms with Crippen LogP contribution in [0.5, 0.6) is 0 Å². The van der Waals surface area contributed by atoms with Crippen LogP contribution in [0.2, 0.25) is 0 Å². The van der Waals surface area contributed by atoms with E-state index in [9.17, 15) is 4.79 Å². The van der Waals surface area contributed by atoms with E-state index in [1.165, 1.54) is 16.7 Å². The first-order valence-electron chi connectivity index (χ1n) is 8.77. The van der Waals surface area contributed by atoms with Crippen molar-refractivity contribution in [3.05, 3.63) is 75.3 Å². The molecule has 0 aromatic heterocycles. The Balaban J connectivity index is 1.68. The number of fused-ring (bicyclic) bond motifs is 1. The van der Waals surface area contributed by atoms with E-state index in [0.717, 1.165) is 29.4 Å². The Labute approximate surface area is 158 Å². The summed E-state index contributed by atoms with van der Waals surface area (Å²) in [5, 5.41) is 0. The lowest BCUT2D eigenvalue weighted by molar-refractivity contribution is 0.0943. The molecule has 3 heteroatoms. The van der Waals surface area contributed by atoms with E-state index >= 15 is 0 Å². The topological polar surface area (TPSA) is 20.3 Å². The quantitative estimate of drug-likeness (QED) is 0.632. The van der Waals surface area contributed by atoms with Gasteiger partial charge in [0.15, 0.2) is 5.78 Å². The number of Topliss-reactive ketones (excluding diaryl/α,β-unsaturated/α-hetero) is 1. The molecule has 0 saturated heterocycles. The first kappa shape index (κ1) is 18.1. The SMILES string of the molecule is CC1CC=Cc2ccc(C(=O)CN(C)Cc3cccc(Br)c3)cc2C1. The molecule has 2 aromatic carbocycles. The van der Waals surface area contributed by atoms with Crippen LogP contribution in [0.25, 0.3) is 6.08 Å². The molecule has 0 bridgehead atoms. The number of allylic oxidation sites excluding steroid dienone is 1. The maximum absolute atomic E-state index is 12.7. The number of benzene rings is 2. The summed E-state index contributed by atoms with van der Waals surface area (Å²) in [6.07, 6.45) is 6.57. The summed E-state index contributed by atoms with van der Waals surface area (Å²) in [4.78, 5) is 14.8. The van der Waals surface area contributed by atoms with Crippen LogP contribution in [0.1, 0.15) is 40.4 Å². The van der Waals surface area contributed by atoms with E-state index in [2.05, 4.69) is 64.2 Å². The fourth-order valence-corrected chi connectivity index (χ4v) is 3.79. The maximum atomic E-state index is 12.7. The van der Waals surface area contributed by atoms with Gasteiger partial charge in [-0.05, 0) is 60.7 Å². The number of likely N-dealkylation sites (N-methyl/N-ethyl adjacent to an activating group) is 1. The number of ketones is 1. The smallest absolute Gasteiger partial charge is 0.176 e. The zero-order valence-corrected chi connectivity index (χ0v) is 16.4. The normalized spacial score (nSPS) is 16.6. The van der Waals surface area contributed by atoms with E-state index in [1.54, 1.807) is 0 Å². The highest BCUT2D eigenvalue weighted by molar-refractivity contribution is 9.10. The third kappa shape index (κ3) is 4.90. The second-order valence-electron chi connectivity index (χ2n) is 7.09. The molecule has 0 radical (unpaired) electrons. The molecular formula is C22H24BrNO. The molecule has 1 aliphatic carbocycles. The third-order valence-corrected chi connectivity index (χ3v) is 5.12. The van der Waals surface area contributed by atoms with Crippen LogP contribution in [0.4, 0.5) is 0 Å². The zero-order valence-electron chi connectivity index (χ0n) is 14.8. The minimum atomic E-state index is 0.182. The lowest BCUT2D eigenvalue weighted by Crippen LogP contribution is -2.25. The number of rotatable bonds is 5. The Kier molecular flexibility index (Phi) is 5.87. The summed E-state index contributed by atoms with van der Waals surface area (Å²) < 4.78 is 1.07. The van der Waals surface area contributed by atoms with Gasteiger partial charge in [-0.1, -0.05) is 59.3 Å². The zero-order chi connectivity index (χ0) is 17.8. The number of hydrogen-bond donors (Lipinski definition) is 0. The van der Waals surface area contributed by atoms with Crippen molar-refractivity contribution in [1.29, 1.82) is 0 Å². The molecule has 0 amide bonds. The third-order valence-electron chi connectivity index (χ3n) is 4.62. The average Bonchev–Trinajstić information content (AvgIpc) is 2.74. The Morgan fingerprint density at radius 3 is 2.88 bits per heavy atom. The van der Waals surface area contributed by atoms with E-state index in [-0.39, 0.29) is 5.78 Å². The average molecular weight is 398 g/mol. The van der Waals surface area contributed by atoms with Crippen molar-refractivity contribution in [2.24, 2.45) is 5.92 Å². The standard InChI is InChI=1S/C22H24BrNO/c1-16-5-3-7-18-9-10-19(13-20(18)11-16)22(25)15-24(2)14-17-6-4-8-21(23)12-17/h3-4,6-10,12-13,16H,5,11,14-15H2,1-2H3. The number of halogens is 1. The predicted molar refractivity (Wildman–Crippen MR) is 108 cm³/mol. The Morgan fingerprint density at radius 2 is 2.08 bits per heavy atom. The Morgan fingerprint density at radius 1 is 1.24 bits per heavy atom. The molecule has 0 heterocycles. The van der Waals surface area contributed by atoms with Crippen molar-refractivity contribution in [3.8, 4) is 0 Å². The molecule has 1 aliphatic rings. The monoisotopic (exact) mass is 397 g/mol. The summed E-state index contributed by atoms with van der Waals surface area (Å²) in [6.45, 7) is 3.45. The van der Waals surface area contributed by atoms with Crippen LogP contribution in [-0.4, -0.2) is 24.3 Å². The van der Waals surface area contributed by atoms with Crippen molar-refractivity contribution >= 4 is 27.8 Å². The highest BCUT2D eigenvalue weighted by Gasteiger charge is 2.14. The van der Waals surface area contributed by atoms with Gasteiger partial charge >= 0.3 is 0 Å². The van der Waals surface area contributed by atoms with Gasteiger partial charge < -0.3 is 0 Å². The van der Waals surface area contributed by atoms with Crippen LogP contribution in [0.15, 0.2) is 53.0 Å². The molecule has 1 atom stereocenters. The molecule has 130 valence electrons. The van der Waals surface area contributed by atoms with Crippen LogP contribution in [0, 0.1) is 5.92 Å². The van der Waals surface area contributed by atoms with Crippen molar-refractivity contribution in [3.63, 3.8) is 0 Å². The summed E-state index contributed by atoms with van der Waals surface area (Å²) >= 11 is 3.49. The van der Waals surface area contributed by atoms with Crippen LogP contribution >= 0.6 is 15.9 Å². The number of carbonyl (C=O) groups is 1. The molecule has 2 nitrogen and oxygen atoms in total.